The molecule has 1 spiro atoms. The monoisotopic (exact) mass is 428 g/mol. The molecule has 4 aliphatic carbocycles. The van der Waals surface area contributed by atoms with Gasteiger partial charge >= 0.3 is 0 Å². The lowest BCUT2D eigenvalue weighted by Crippen LogP contribution is -2.59. The van der Waals surface area contributed by atoms with Crippen molar-refractivity contribution < 1.29 is 14.9 Å². The first-order valence-electron chi connectivity index (χ1n) is 13.0. The summed E-state index contributed by atoms with van der Waals surface area (Å²) in [5, 5.41) is 21.4. The van der Waals surface area contributed by atoms with E-state index >= 15 is 0 Å². The van der Waals surface area contributed by atoms with Crippen LogP contribution >= 0.6 is 0 Å². The summed E-state index contributed by atoms with van der Waals surface area (Å²) >= 11 is 0. The summed E-state index contributed by atoms with van der Waals surface area (Å²) < 4.78 is 6.65. The molecular weight excluding hydrogens is 384 g/mol. The largest absolute Gasteiger partial charge is 0.389 e. The standard InChI is InChI=1S/C28H44O3/c1-16(2)17(3)7-8-18(4)21-15-25-28(31-25)22-14-24(30)23-13-19(29)9-11-26(23,5)20(22)10-12-27(21,28)6/h7-8,13,16-22,24-25,29-30H,9-12,14-15H2,1-6H3/b8-7+/t17?,18?,19-,20-,21+,22+,24-,25+,26+,27+,28+/m0/s1. The van der Waals surface area contributed by atoms with Gasteiger partial charge in [0.2, 0.25) is 0 Å². The molecule has 0 aromatic heterocycles. The maximum absolute atomic E-state index is 11.2. The van der Waals surface area contributed by atoms with E-state index in [-0.39, 0.29) is 22.5 Å². The number of epoxide rings is 1. The van der Waals surface area contributed by atoms with E-state index in [1.54, 1.807) is 0 Å². The quantitative estimate of drug-likeness (QED) is 0.458. The first-order valence-corrected chi connectivity index (χ1v) is 13.0. The number of allylic oxidation sites excluding steroid dienone is 2. The van der Waals surface area contributed by atoms with Gasteiger partial charge in [-0.2, -0.15) is 0 Å². The van der Waals surface area contributed by atoms with Crippen LogP contribution in [0.15, 0.2) is 23.8 Å². The third-order valence-corrected chi connectivity index (χ3v) is 11.0. The van der Waals surface area contributed by atoms with E-state index in [2.05, 4.69) is 53.7 Å². The van der Waals surface area contributed by atoms with Crippen molar-refractivity contribution in [2.45, 2.75) is 104 Å². The molecule has 1 saturated heterocycles. The first-order chi connectivity index (χ1) is 14.5. The number of aliphatic hydroxyl groups is 2. The Kier molecular flexibility index (Phi) is 5.13. The molecule has 3 nitrogen and oxygen atoms in total. The third-order valence-electron chi connectivity index (χ3n) is 11.0. The van der Waals surface area contributed by atoms with Crippen molar-refractivity contribution in [2.24, 2.45) is 46.3 Å². The average molecular weight is 429 g/mol. The Morgan fingerprint density at radius 2 is 1.74 bits per heavy atom. The molecule has 1 heterocycles. The first kappa shape index (κ1) is 22.2. The zero-order valence-corrected chi connectivity index (χ0v) is 20.5. The summed E-state index contributed by atoms with van der Waals surface area (Å²) in [6.45, 7) is 14.2. The van der Waals surface area contributed by atoms with Crippen LogP contribution in [0.2, 0.25) is 0 Å². The van der Waals surface area contributed by atoms with E-state index in [4.69, 9.17) is 4.74 Å². The van der Waals surface area contributed by atoms with Gasteiger partial charge in [0.25, 0.3) is 0 Å². The van der Waals surface area contributed by atoms with Crippen molar-refractivity contribution in [1.29, 1.82) is 0 Å². The molecule has 0 amide bonds. The van der Waals surface area contributed by atoms with Crippen molar-refractivity contribution >= 4 is 0 Å². The van der Waals surface area contributed by atoms with Gasteiger partial charge in [0, 0.05) is 5.41 Å². The molecule has 174 valence electrons. The van der Waals surface area contributed by atoms with Gasteiger partial charge in [0.05, 0.1) is 18.3 Å². The van der Waals surface area contributed by atoms with Gasteiger partial charge in [0.1, 0.15) is 5.60 Å². The summed E-state index contributed by atoms with van der Waals surface area (Å²) in [6.07, 6.45) is 12.7. The second-order valence-electron chi connectivity index (χ2n) is 12.7. The molecule has 3 heteroatoms. The molecule has 2 unspecified atom stereocenters. The van der Waals surface area contributed by atoms with E-state index in [9.17, 15) is 10.2 Å². The third kappa shape index (κ3) is 2.95. The molecule has 5 rings (SSSR count). The van der Waals surface area contributed by atoms with Crippen LogP contribution in [0.4, 0.5) is 0 Å². The van der Waals surface area contributed by atoms with Gasteiger partial charge in [-0.15, -0.1) is 0 Å². The Hall–Kier alpha value is -0.640. The van der Waals surface area contributed by atoms with Crippen molar-refractivity contribution in [1.82, 2.24) is 0 Å². The summed E-state index contributed by atoms with van der Waals surface area (Å²) in [5.74, 6) is 3.55. The molecular formula is C28H44O3. The summed E-state index contributed by atoms with van der Waals surface area (Å²) in [7, 11) is 0. The predicted octanol–water partition coefficient (Wildman–Crippen LogP) is 5.51. The lowest BCUT2D eigenvalue weighted by molar-refractivity contribution is -0.117. The van der Waals surface area contributed by atoms with Crippen LogP contribution in [-0.4, -0.2) is 34.1 Å². The minimum atomic E-state index is -0.425. The van der Waals surface area contributed by atoms with Crippen molar-refractivity contribution in [3.63, 3.8) is 0 Å². The van der Waals surface area contributed by atoms with Gasteiger partial charge < -0.3 is 14.9 Å². The smallest absolute Gasteiger partial charge is 0.104 e. The molecule has 0 radical (unpaired) electrons. The normalized spacial score (nSPS) is 52.7. The minimum absolute atomic E-state index is 0.0183. The van der Waals surface area contributed by atoms with Gasteiger partial charge in [-0.25, -0.2) is 0 Å². The van der Waals surface area contributed by atoms with E-state index in [1.165, 1.54) is 19.3 Å². The molecule has 5 aliphatic rings. The number of hydrogen-bond acceptors (Lipinski definition) is 3. The Labute approximate surface area is 189 Å². The molecule has 4 fully saturated rings. The zero-order valence-electron chi connectivity index (χ0n) is 20.5. The fourth-order valence-corrected chi connectivity index (χ4v) is 8.73. The highest BCUT2D eigenvalue weighted by molar-refractivity contribution is 5.35. The molecule has 0 bridgehead atoms. The maximum atomic E-state index is 11.2. The van der Waals surface area contributed by atoms with Crippen LogP contribution in [0.25, 0.3) is 0 Å². The number of hydrogen-bond donors (Lipinski definition) is 2. The lowest BCUT2D eigenvalue weighted by Gasteiger charge is -2.60. The van der Waals surface area contributed by atoms with Crippen LogP contribution in [0.1, 0.15) is 80.1 Å². The van der Waals surface area contributed by atoms with Crippen LogP contribution in [-0.2, 0) is 4.74 Å². The Bertz CT molecular complexity index is 785. The molecule has 0 aromatic carbocycles. The summed E-state index contributed by atoms with van der Waals surface area (Å²) in [4.78, 5) is 0. The fraction of sp³-hybridized carbons (Fsp3) is 0.857. The summed E-state index contributed by atoms with van der Waals surface area (Å²) in [5.41, 5.74) is 1.32. The number of ether oxygens (including phenoxy) is 1. The maximum Gasteiger partial charge on any atom is 0.104 e. The Morgan fingerprint density at radius 3 is 2.45 bits per heavy atom. The molecule has 3 saturated carbocycles. The Morgan fingerprint density at radius 1 is 1.00 bits per heavy atom. The second-order valence-corrected chi connectivity index (χ2v) is 12.7. The predicted molar refractivity (Wildman–Crippen MR) is 124 cm³/mol. The van der Waals surface area contributed by atoms with E-state index in [0.29, 0.717) is 41.6 Å². The van der Waals surface area contributed by atoms with Gasteiger partial charge in [-0.05, 0) is 85.0 Å². The minimum Gasteiger partial charge on any atom is -0.389 e. The highest BCUT2D eigenvalue weighted by Crippen LogP contribution is 2.76. The molecule has 11 atom stereocenters. The molecule has 2 N–H and O–H groups in total. The van der Waals surface area contributed by atoms with E-state index in [1.807, 2.05) is 6.08 Å². The lowest BCUT2D eigenvalue weighted by atomic mass is 9.45. The molecule has 1 aliphatic heterocycles. The van der Waals surface area contributed by atoms with Gasteiger partial charge in [-0.3, -0.25) is 0 Å². The highest BCUT2D eigenvalue weighted by Gasteiger charge is 2.80. The highest BCUT2D eigenvalue weighted by atomic mass is 16.6. The average Bonchev–Trinajstić information content (AvgIpc) is 3.38. The van der Waals surface area contributed by atoms with Crippen molar-refractivity contribution in [3.8, 4) is 0 Å². The van der Waals surface area contributed by atoms with Crippen molar-refractivity contribution in [2.75, 3.05) is 0 Å². The number of fused-ring (bicyclic) bond motifs is 3. The van der Waals surface area contributed by atoms with E-state index < -0.39 is 6.10 Å². The van der Waals surface area contributed by atoms with Crippen molar-refractivity contribution in [3.05, 3.63) is 23.8 Å². The topological polar surface area (TPSA) is 53.0 Å². The zero-order chi connectivity index (χ0) is 22.3. The fourth-order valence-electron chi connectivity index (χ4n) is 8.73. The molecule has 31 heavy (non-hydrogen) atoms. The van der Waals surface area contributed by atoms with Gasteiger partial charge in [-0.1, -0.05) is 59.8 Å². The van der Waals surface area contributed by atoms with Crippen LogP contribution < -0.4 is 0 Å². The SMILES string of the molecule is CC(C)C(C)/C=C/C(C)[C@H]1C[C@H]2O[C@]23[C@@H]2C[C@H](O)C4=C[C@@H](O)CC[C@]4(C)[C@H]2CC[C@]13C. The van der Waals surface area contributed by atoms with Crippen LogP contribution in [0.5, 0.6) is 0 Å². The second kappa shape index (κ2) is 7.18. The summed E-state index contributed by atoms with van der Waals surface area (Å²) in [6, 6.07) is 0. The van der Waals surface area contributed by atoms with Gasteiger partial charge in [0.15, 0.2) is 0 Å². The van der Waals surface area contributed by atoms with E-state index in [0.717, 1.165) is 24.8 Å². The number of aliphatic hydroxyl groups excluding tert-OH is 2. The Balaban J connectivity index is 1.43. The molecule has 0 aromatic rings. The van der Waals surface area contributed by atoms with Crippen LogP contribution in [0.3, 0.4) is 0 Å². The van der Waals surface area contributed by atoms with Crippen LogP contribution in [0, 0.1) is 46.3 Å². The number of rotatable bonds is 4.